The summed E-state index contributed by atoms with van der Waals surface area (Å²) in [5.74, 6) is -1.10. The van der Waals surface area contributed by atoms with Crippen LogP contribution < -0.4 is 4.74 Å². The van der Waals surface area contributed by atoms with Gasteiger partial charge in [-0.1, -0.05) is 0 Å². The molecule has 0 fully saturated rings. The maximum absolute atomic E-state index is 13.3. The molecule has 82 valence electrons. The average Bonchev–Trinajstić information content (AvgIpc) is 2.27. The van der Waals surface area contributed by atoms with Gasteiger partial charge in [0.15, 0.2) is 11.6 Å². The number of carbonyl (C=O) groups excluding carboxylic acids is 1. The molecule has 3 nitrogen and oxygen atoms in total. The molecule has 15 heavy (non-hydrogen) atoms. The van der Waals surface area contributed by atoms with E-state index in [0.29, 0.717) is 5.56 Å². The molecule has 0 aliphatic carbocycles. The fraction of sp³-hybridized carbons (Fsp3) is 0.300. The molecular formula is C10H10ClFO3. The monoisotopic (exact) mass is 232 g/mol. The Morgan fingerprint density at radius 2 is 2.13 bits per heavy atom. The maximum atomic E-state index is 13.3. The van der Waals surface area contributed by atoms with Gasteiger partial charge in [0.2, 0.25) is 0 Å². The summed E-state index contributed by atoms with van der Waals surface area (Å²) in [5, 5.41) is 0. The van der Waals surface area contributed by atoms with Crippen molar-refractivity contribution >= 4 is 17.6 Å². The highest BCUT2D eigenvalue weighted by molar-refractivity contribution is 6.17. The van der Waals surface area contributed by atoms with Crippen LogP contribution in [0.4, 0.5) is 4.39 Å². The molecule has 0 N–H and O–H groups in total. The third-order valence-corrected chi connectivity index (χ3v) is 2.21. The van der Waals surface area contributed by atoms with Crippen LogP contribution in [-0.4, -0.2) is 20.2 Å². The van der Waals surface area contributed by atoms with Crippen LogP contribution >= 0.6 is 11.6 Å². The smallest absolute Gasteiger partial charge is 0.338 e. The van der Waals surface area contributed by atoms with Crippen molar-refractivity contribution in [2.45, 2.75) is 5.88 Å². The van der Waals surface area contributed by atoms with E-state index in [1.807, 2.05) is 0 Å². The summed E-state index contributed by atoms with van der Waals surface area (Å²) in [6.45, 7) is 0. The van der Waals surface area contributed by atoms with E-state index in [-0.39, 0.29) is 17.2 Å². The van der Waals surface area contributed by atoms with Gasteiger partial charge in [0.1, 0.15) is 0 Å². The molecule has 0 spiro atoms. The standard InChI is InChI=1S/C10H10ClFO3/c1-14-9-3-6(5-11)7(4-8(9)12)10(13)15-2/h3-4H,5H2,1-2H3. The van der Waals surface area contributed by atoms with Crippen LogP contribution in [0.2, 0.25) is 0 Å². The molecule has 0 aliphatic rings. The van der Waals surface area contributed by atoms with E-state index < -0.39 is 11.8 Å². The van der Waals surface area contributed by atoms with Gasteiger partial charge in [-0.25, -0.2) is 9.18 Å². The summed E-state index contributed by atoms with van der Waals surface area (Å²) >= 11 is 5.63. The normalized spacial score (nSPS) is 9.87. The van der Waals surface area contributed by atoms with Crippen molar-refractivity contribution in [1.29, 1.82) is 0 Å². The van der Waals surface area contributed by atoms with Crippen molar-refractivity contribution in [3.63, 3.8) is 0 Å². The Balaban J connectivity index is 3.27. The van der Waals surface area contributed by atoms with Crippen LogP contribution in [0.1, 0.15) is 15.9 Å². The van der Waals surface area contributed by atoms with Gasteiger partial charge in [0.05, 0.1) is 19.8 Å². The number of benzene rings is 1. The Labute approximate surface area is 91.7 Å². The van der Waals surface area contributed by atoms with Gasteiger partial charge in [0.25, 0.3) is 0 Å². The summed E-state index contributed by atoms with van der Waals surface area (Å²) in [4.78, 5) is 11.3. The first kappa shape index (κ1) is 11.8. The Morgan fingerprint density at radius 1 is 1.47 bits per heavy atom. The van der Waals surface area contributed by atoms with Crippen LogP contribution in [0.3, 0.4) is 0 Å². The first-order valence-corrected chi connectivity index (χ1v) is 4.68. The summed E-state index contributed by atoms with van der Waals surface area (Å²) in [7, 11) is 2.57. The number of esters is 1. The van der Waals surface area contributed by atoms with E-state index in [0.717, 1.165) is 6.07 Å². The van der Waals surface area contributed by atoms with Crippen molar-refractivity contribution in [3.05, 3.63) is 29.1 Å². The van der Waals surface area contributed by atoms with Gasteiger partial charge in [-0.2, -0.15) is 0 Å². The van der Waals surface area contributed by atoms with E-state index in [4.69, 9.17) is 16.3 Å². The third-order valence-electron chi connectivity index (χ3n) is 1.93. The molecule has 0 unspecified atom stereocenters. The molecular weight excluding hydrogens is 223 g/mol. The fourth-order valence-electron chi connectivity index (χ4n) is 1.16. The number of halogens is 2. The van der Waals surface area contributed by atoms with Gasteiger partial charge in [-0.3, -0.25) is 0 Å². The molecule has 0 aliphatic heterocycles. The average molecular weight is 233 g/mol. The number of methoxy groups -OCH3 is 2. The highest BCUT2D eigenvalue weighted by Gasteiger charge is 2.15. The van der Waals surface area contributed by atoms with Gasteiger partial charge < -0.3 is 9.47 Å². The SMILES string of the molecule is COC(=O)c1cc(F)c(OC)cc1CCl. The van der Waals surface area contributed by atoms with E-state index in [9.17, 15) is 9.18 Å². The van der Waals surface area contributed by atoms with Crippen LogP contribution in [0.5, 0.6) is 5.75 Å². The molecule has 0 heterocycles. The molecule has 0 bridgehead atoms. The van der Waals surface area contributed by atoms with Crippen LogP contribution in [0, 0.1) is 5.82 Å². The quantitative estimate of drug-likeness (QED) is 0.593. The molecule has 0 radical (unpaired) electrons. The first-order chi connectivity index (χ1) is 7.13. The molecule has 1 rings (SSSR count). The van der Waals surface area contributed by atoms with Crippen molar-refractivity contribution in [1.82, 2.24) is 0 Å². The lowest BCUT2D eigenvalue weighted by Crippen LogP contribution is -2.06. The second kappa shape index (κ2) is 4.98. The molecule has 0 saturated heterocycles. The molecule has 0 saturated carbocycles. The minimum absolute atomic E-state index is 0.0540. The van der Waals surface area contributed by atoms with Crippen molar-refractivity contribution in [2.75, 3.05) is 14.2 Å². The Hall–Kier alpha value is -1.29. The number of carbonyl (C=O) groups is 1. The number of hydrogen-bond donors (Lipinski definition) is 0. The zero-order chi connectivity index (χ0) is 11.4. The van der Waals surface area contributed by atoms with Gasteiger partial charge in [-0.15, -0.1) is 11.6 Å². The molecule has 0 amide bonds. The second-order valence-electron chi connectivity index (χ2n) is 2.77. The zero-order valence-corrected chi connectivity index (χ0v) is 9.10. The first-order valence-electron chi connectivity index (χ1n) is 4.14. The number of ether oxygens (including phenoxy) is 2. The van der Waals surface area contributed by atoms with Gasteiger partial charge >= 0.3 is 5.97 Å². The predicted octanol–water partition coefficient (Wildman–Crippen LogP) is 2.36. The second-order valence-corrected chi connectivity index (χ2v) is 3.04. The summed E-state index contributed by atoms with van der Waals surface area (Å²) < 4.78 is 22.6. The van der Waals surface area contributed by atoms with Crippen molar-refractivity contribution in [3.8, 4) is 5.75 Å². The topological polar surface area (TPSA) is 35.5 Å². The Morgan fingerprint density at radius 3 is 2.60 bits per heavy atom. The zero-order valence-electron chi connectivity index (χ0n) is 8.34. The number of rotatable bonds is 3. The summed E-state index contributed by atoms with van der Waals surface area (Å²) in [5.41, 5.74) is 0.590. The van der Waals surface area contributed by atoms with Crippen molar-refractivity contribution < 1.29 is 18.7 Å². The van der Waals surface area contributed by atoms with Crippen LogP contribution in [0.25, 0.3) is 0 Å². The molecule has 1 aromatic carbocycles. The fourth-order valence-corrected chi connectivity index (χ4v) is 1.38. The van der Waals surface area contributed by atoms with E-state index >= 15 is 0 Å². The lowest BCUT2D eigenvalue weighted by Gasteiger charge is -2.08. The predicted molar refractivity (Wildman–Crippen MR) is 53.8 cm³/mol. The van der Waals surface area contributed by atoms with E-state index in [1.54, 1.807) is 0 Å². The van der Waals surface area contributed by atoms with Gasteiger partial charge in [0, 0.05) is 5.88 Å². The van der Waals surface area contributed by atoms with Crippen LogP contribution in [-0.2, 0) is 10.6 Å². The number of hydrogen-bond acceptors (Lipinski definition) is 3. The maximum Gasteiger partial charge on any atom is 0.338 e. The Kier molecular flexibility index (Phi) is 3.91. The highest BCUT2D eigenvalue weighted by Crippen LogP contribution is 2.24. The third kappa shape index (κ3) is 2.39. The number of alkyl halides is 1. The summed E-state index contributed by atoms with van der Waals surface area (Å²) in [6, 6.07) is 2.44. The minimum atomic E-state index is -0.619. The summed E-state index contributed by atoms with van der Waals surface area (Å²) in [6.07, 6.45) is 0. The van der Waals surface area contributed by atoms with Crippen molar-refractivity contribution in [2.24, 2.45) is 0 Å². The lowest BCUT2D eigenvalue weighted by molar-refractivity contribution is 0.0599. The van der Waals surface area contributed by atoms with E-state index in [2.05, 4.69) is 4.74 Å². The molecule has 0 aromatic heterocycles. The van der Waals surface area contributed by atoms with Crippen LogP contribution in [0.15, 0.2) is 12.1 Å². The molecule has 0 atom stereocenters. The largest absolute Gasteiger partial charge is 0.494 e. The minimum Gasteiger partial charge on any atom is -0.494 e. The Bertz CT molecular complexity index is 379. The highest BCUT2D eigenvalue weighted by atomic mass is 35.5. The lowest BCUT2D eigenvalue weighted by atomic mass is 10.1. The molecule has 1 aromatic rings. The van der Waals surface area contributed by atoms with Gasteiger partial charge in [-0.05, 0) is 17.7 Å². The van der Waals surface area contributed by atoms with E-state index in [1.165, 1.54) is 20.3 Å². The molecule has 5 heteroatoms.